The Morgan fingerprint density at radius 1 is 0.714 bits per heavy atom. The molecular weight excluding hydrogens is 276 g/mol. The number of esters is 4. The van der Waals surface area contributed by atoms with Crippen molar-refractivity contribution in [3.63, 3.8) is 0 Å². The molecule has 0 N–H and O–H groups in total. The summed E-state index contributed by atoms with van der Waals surface area (Å²) in [4.78, 5) is 47.7. The SMILES string of the molecule is CC1=C[C@H]2[C@@H]3C(=O)OC(=O)[C@@H]3[C@H]1[C@@H]1[C@@H]3C(=O)OC(=O)[C@H]3[C@@H]21. The second-order valence-electron chi connectivity index (χ2n) is 6.75. The van der Waals surface area contributed by atoms with Crippen molar-refractivity contribution in [2.75, 3.05) is 0 Å². The first-order chi connectivity index (χ1) is 10.0. The predicted octanol–water partition coefficient (Wildman–Crippen LogP) is 0.0699. The van der Waals surface area contributed by atoms with Crippen molar-refractivity contribution in [2.24, 2.45) is 47.3 Å². The van der Waals surface area contributed by atoms with E-state index >= 15 is 0 Å². The van der Waals surface area contributed by atoms with Gasteiger partial charge in [0.15, 0.2) is 0 Å². The molecule has 2 aliphatic heterocycles. The number of fused-ring (bicyclic) bond motifs is 1. The Morgan fingerprint density at radius 2 is 1.24 bits per heavy atom. The summed E-state index contributed by atoms with van der Waals surface area (Å²) >= 11 is 0. The zero-order chi connectivity index (χ0) is 14.6. The summed E-state index contributed by atoms with van der Waals surface area (Å²) < 4.78 is 9.60. The minimum absolute atomic E-state index is 0.0661. The molecule has 0 aromatic rings. The van der Waals surface area contributed by atoms with Crippen LogP contribution in [0, 0.1) is 47.3 Å². The van der Waals surface area contributed by atoms with Gasteiger partial charge in [-0.25, -0.2) is 0 Å². The highest BCUT2D eigenvalue weighted by Crippen LogP contribution is 2.69. The molecule has 21 heavy (non-hydrogen) atoms. The first-order valence-corrected chi connectivity index (χ1v) is 7.20. The largest absolute Gasteiger partial charge is 0.393 e. The number of carbonyl (C=O) groups excluding carboxylic acids is 4. The predicted molar refractivity (Wildman–Crippen MR) is 63.9 cm³/mol. The van der Waals surface area contributed by atoms with Gasteiger partial charge in [-0.15, -0.1) is 0 Å². The summed E-state index contributed by atoms with van der Waals surface area (Å²) in [6, 6.07) is 0. The van der Waals surface area contributed by atoms with E-state index in [2.05, 4.69) is 0 Å². The maximum Gasteiger partial charge on any atom is 0.318 e. The highest BCUT2D eigenvalue weighted by Gasteiger charge is 2.75. The van der Waals surface area contributed by atoms with Crippen LogP contribution in [0.4, 0.5) is 0 Å². The zero-order valence-corrected chi connectivity index (χ0v) is 11.1. The van der Waals surface area contributed by atoms with Crippen LogP contribution in [0.25, 0.3) is 0 Å². The molecule has 2 bridgehead atoms. The van der Waals surface area contributed by atoms with E-state index in [0.717, 1.165) is 5.57 Å². The second-order valence-corrected chi connectivity index (χ2v) is 6.75. The monoisotopic (exact) mass is 288 g/mol. The molecule has 0 aromatic carbocycles. The highest BCUT2D eigenvalue weighted by molar-refractivity contribution is 6.01. The van der Waals surface area contributed by atoms with Crippen LogP contribution in [0.1, 0.15) is 6.92 Å². The van der Waals surface area contributed by atoms with Gasteiger partial charge in [0.2, 0.25) is 0 Å². The Hall–Kier alpha value is -1.98. The molecule has 6 aliphatic rings. The normalized spacial score (nSPS) is 52.5. The number of hydrogen-bond donors (Lipinski definition) is 0. The molecule has 2 heterocycles. The Bertz CT molecular complexity index is 676. The zero-order valence-electron chi connectivity index (χ0n) is 11.1. The molecule has 2 saturated carbocycles. The summed E-state index contributed by atoms with van der Waals surface area (Å²) in [6.07, 6.45) is 2.00. The molecule has 4 aliphatic carbocycles. The van der Waals surface area contributed by atoms with E-state index in [1.165, 1.54) is 0 Å². The van der Waals surface area contributed by atoms with Gasteiger partial charge in [-0.05, 0) is 30.6 Å². The van der Waals surface area contributed by atoms with Crippen molar-refractivity contribution in [2.45, 2.75) is 6.92 Å². The Balaban J connectivity index is 1.66. The smallest absolute Gasteiger partial charge is 0.318 e. The van der Waals surface area contributed by atoms with Gasteiger partial charge < -0.3 is 9.47 Å². The van der Waals surface area contributed by atoms with E-state index in [1.807, 2.05) is 13.0 Å². The molecule has 0 amide bonds. The first kappa shape index (κ1) is 11.7. The molecule has 0 aromatic heterocycles. The number of rotatable bonds is 0. The van der Waals surface area contributed by atoms with Gasteiger partial charge in [0.1, 0.15) is 0 Å². The number of hydrogen-bond acceptors (Lipinski definition) is 6. The third kappa shape index (κ3) is 1.06. The van der Waals surface area contributed by atoms with Gasteiger partial charge >= 0.3 is 23.9 Å². The molecule has 108 valence electrons. The van der Waals surface area contributed by atoms with Gasteiger partial charge in [0, 0.05) is 0 Å². The summed E-state index contributed by atoms with van der Waals surface area (Å²) in [5.41, 5.74) is 1.03. The summed E-state index contributed by atoms with van der Waals surface area (Å²) in [5, 5.41) is 0. The lowest BCUT2D eigenvalue weighted by Crippen LogP contribution is -2.64. The minimum Gasteiger partial charge on any atom is -0.393 e. The molecule has 0 unspecified atom stereocenters. The molecule has 0 spiro atoms. The fourth-order valence-electron chi connectivity index (χ4n) is 5.60. The standard InChI is InChI=1S/C15H12O6/c1-3-2-4-6-8(11-10(6)14(18)21-15(11)19)5(3)9-7(4)12(16)20-13(9)17/h2,4-11H,1H3/t4-,5-,6+,7+,8+,9-,10+,11+/m1/s1. The van der Waals surface area contributed by atoms with Gasteiger partial charge in [0.05, 0.1) is 23.7 Å². The lowest BCUT2D eigenvalue weighted by atomic mass is 9.39. The van der Waals surface area contributed by atoms with E-state index in [4.69, 9.17) is 9.47 Å². The Labute approximate surface area is 119 Å². The van der Waals surface area contributed by atoms with Crippen LogP contribution in [0.2, 0.25) is 0 Å². The second kappa shape index (κ2) is 3.26. The Kier molecular flexibility index (Phi) is 1.81. The van der Waals surface area contributed by atoms with Gasteiger partial charge in [-0.3, -0.25) is 19.2 Å². The fraction of sp³-hybridized carbons (Fsp3) is 0.600. The molecular formula is C15H12O6. The molecule has 6 nitrogen and oxygen atoms in total. The van der Waals surface area contributed by atoms with Crippen molar-refractivity contribution >= 4 is 23.9 Å². The van der Waals surface area contributed by atoms with Crippen molar-refractivity contribution < 1.29 is 28.7 Å². The lowest BCUT2D eigenvalue weighted by molar-refractivity contribution is -0.168. The average molecular weight is 288 g/mol. The Morgan fingerprint density at radius 3 is 1.90 bits per heavy atom. The van der Waals surface area contributed by atoms with E-state index in [9.17, 15) is 19.2 Å². The first-order valence-electron chi connectivity index (χ1n) is 7.20. The van der Waals surface area contributed by atoms with Gasteiger partial charge in [0.25, 0.3) is 0 Å². The maximum atomic E-state index is 12.0. The average Bonchev–Trinajstić information content (AvgIpc) is 2.79. The third-order valence-electron chi connectivity index (χ3n) is 6.18. The maximum absolute atomic E-state index is 12.0. The van der Waals surface area contributed by atoms with Crippen molar-refractivity contribution in [1.29, 1.82) is 0 Å². The van der Waals surface area contributed by atoms with Crippen LogP contribution < -0.4 is 0 Å². The van der Waals surface area contributed by atoms with Crippen LogP contribution in [0.15, 0.2) is 11.6 Å². The third-order valence-corrected chi connectivity index (χ3v) is 6.18. The molecule has 6 rings (SSSR count). The van der Waals surface area contributed by atoms with Crippen LogP contribution in [-0.2, 0) is 28.7 Å². The van der Waals surface area contributed by atoms with Gasteiger partial charge in [-0.1, -0.05) is 11.6 Å². The van der Waals surface area contributed by atoms with E-state index in [0.29, 0.717) is 0 Å². The molecule has 4 fully saturated rings. The summed E-state index contributed by atoms with van der Waals surface area (Å²) in [5.74, 6) is -4.27. The highest BCUT2D eigenvalue weighted by atomic mass is 16.6. The topological polar surface area (TPSA) is 86.7 Å². The van der Waals surface area contributed by atoms with Crippen molar-refractivity contribution in [1.82, 2.24) is 0 Å². The van der Waals surface area contributed by atoms with Crippen LogP contribution in [0.3, 0.4) is 0 Å². The molecule has 6 heteroatoms. The fourth-order valence-corrected chi connectivity index (χ4v) is 5.60. The van der Waals surface area contributed by atoms with Crippen molar-refractivity contribution in [3.05, 3.63) is 11.6 Å². The van der Waals surface area contributed by atoms with Gasteiger partial charge in [-0.2, -0.15) is 0 Å². The summed E-state index contributed by atoms with van der Waals surface area (Å²) in [6.45, 7) is 1.93. The number of carbonyl (C=O) groups is 4. The van der Waals surface area contributed by atoms with E-state index < -0.39 is 47.5 Å². The van der Waals surface area contributed by atoms with Crippen molar-refractivity contribution in [3.8, 4) is 0 Å². The molecule has 0 radical (unpaired) electrons. The molecule has 2 saturated heterocycles. The summed E-state index contributed by atoms with van der Waals surface area (Å²) in [7, 11) is 0. The minimum atomic E-state index is -0.489. The molecule has 8 atom stereocenters. The van der Waals surface area contributed by atoms with E-state index in [1.54, 1.807) is 0 Å². The van der Waals surface area contributed by atoms with Crippen LogP contribution >= 0.6 is 0 Å². The quantitative estimate of drug-likeness (QED) is 0.356. The van der Waals surface area contributed by atoms with Crippen LogP contribution in [0.5, 0.6) is 0 Å². The van der Waals surface area contributed by atoms with E-state index in [-0.39, 0.29) is 23.7 Å². The number of ether oxygens (including phenoxy) is 2. The van der Waals surface area contributed by atoms with Crippen LogP contribution in [-0.4, -0.2) is 23.9 Å². The number of cyclic esters (lactones) is 4. The lowest BCUT2D eigenvalue weighted by Gasteiger charge is -2.60. The number of allylic oxidation sites excluding steroid dienone is 2.